The Balaban J connectivity index is 1.46. The Morgan fingerprint density at radius 1 is 1.18 bits per heavy atom. The van der Waals surface area contributed by atoms with Crippen molar-refractivity contribution >= 4 is 29.3 Å². The lowest BCUT2D eigenvalue weighted by Crippen LogP contribution is -2.59. The van der Waals surface area contributed by atoms with Gasteiger partial charge in [-0.1, -0.05) is 43.7 Å². The van der Waals surface area contributed by atoms with E-state index < -0.39 is 6.10 Å². The summed E-state index contributed by atoms with van der Waals surface area (Å²) >= 11 is 6.63. The normalized spacial score (nSPS) is 41.1. The molecule has 0 radical (unpaired) electrons. The van der Waals surface area contributed by atoms with Crippen molar-refractivity contribution in [3.63, 3.8) is 0 Å². The summed E-state index contributed by atoms with van der Waals surface area (Å²) < 4.78 is 0. The molecule has 3 saturated carbocycles. The minimum absolute atomic E-state index is 0.0235. The van der Waals surface area contributed by atoms with Gasteiger partial charge in [0.15, 0.2) is 0 Å². The van der Waals surface area contributed by atoms with Gasteiger partial charge in [0.25, 0.3) is 0 Å². The number of benzene rings is 1. The number of amides is 1. The van der Waals surface area contributed by atoms with Gasteiger partial charge in [-0.05, 0) is 79.2 Å². The summed E-state index contributed by atoms with van der Waals surface area (Å²) in [6, 6.07) is 6.43. The molecule has 2 unspecified atom stereocenters. The van der Waals surface area contributed by atoms with Gasteiger partial charge in [-0.2, -0.15) is 0 Å². The number of halogens is 1. The topological polar surface area (TPSA) is 43.8 Å². The zero-order chi connectivity index (χ0) is 23.7. The molecule has 178 valence electrons. The number of anilines is 1. The van der Waals surface area contributed by atoms with Crippen LogP contribution in [0.15, 0.2) is 35.9 Å². The third-order valence-corrected chi connectivity index (χ3v) is 10.2. The van der Waals surface area contributed by atoms with Crippen LogP contribution in [-0.4, -0.2) is 49.2 Å². The Morgan fingerprint density at radius 3 is 2.64 bits per heavy atom. The molecule has 1 N–H and O–H groups in total. The van der Waals surface area contributed by atoms with Gasteiger partial charge in [-0.15, -0.1) is 0 Å². The molecule has 0 spiro atoms. The number of carbonyl (C=O) groups is 1. The molecule has 1 heterocycles. The fourth-order valence-corrected chi connectivity index (χ4v) is 8.08. The summed E-state index contributed by atoms with van der Waals surface area (Å²) in [5, 5.41) is 12.2. The molecule has 0 aromatic heterocycles. The first-order chi connectivity index (χ1) is 15.6. The average molecular weight is 469 g/mol. The highest BCUT2D eigenvalue weighted by Crippen LogP contribution is 2.65. The minimum Gasteiger partial charge on any atom is -0.388 e. The van der Waals surface area contributed by atoms with Crippen LogP contribution in [0.2, 0.25) is 5.02 Å². The zero-order valence-electron chi connectivity index (χ0n) is 20.5. The first-order valence-corrected chi connectivity index (χ1v) is 12.8. The number of hydrogen-bond acceptors (Lipinski definition) is 3. The van der Waals surface area contributed by atoms with E-state index >= 15 is 0 Å². The Morgan fingerprint density at radius 2 is 1.94 bits per heavy atom. The Kier molecular flexibility index (Phi) is 5.49. The molecule has 3 aliphatic carbocycles. The van der Waals surface area contributed by atoms with E-state index in [-0.39, 0.29) is 22.8 Å². The predicted molar refractivity (Wildman–Crippen MR) is 135 cm³/mol. The van der Waals surface area contributed by atoms with Gasteiger partial charge in [-0.3, -0.25) is 4.79 Å². The molecule has 1 aliphatic heterocycles. The maximum absolute atomic E-state index is 12.3. The third kappa shape index (κ3) is 3.39. The molecule has 4 aliphatic rings. The van der Waals surface area contributed by atoms with Crippen molar-refractivity contribution in [2.75, 3.05) is 26.0 Å². The van der Waals surface area contributed by atoms with Crippen LogP contribution in [0, 0.1) is 28.6 Å². The molecule has 5 heteroatoms. The lowest BCUT2D eigenvalue weighted by Gasteiger charge is -2.59. The lowest BCUT2D eigenvalue weighted by atomic mass is 9.48. The van der Waals surface area contributed by atoms with Crippen LogP contribution in [0.25, 0.3) is 6.08 Å². The molecule has 4 nitrogen and oxygen atoms in total. The molecule has 1 amide bonds. The molecule has 7 atom stereocenters. The van der Waals surface area contributed by atoms with Gasteiger partial charge >= 0.3 is 0 Å². The van der Waals surface area contributed by atoms with Gasteiger partial charge < -0.3 is 14.9 Å². The number of fused-ring (bicyclic) bond motifs is 5. The van der Waals surface area contributed by atoms with Crippen molar-refractivity contribution in [1.29, 1.82) is 0 Å². The van der Waals surface area contributed by atoms with Crippen molar-refractivity contribution in [3.8, 4) is 0 Å². The van der Waals surface area contributed by atoms with Crippen LogP contribution in [0.4, 0.5) is 5.69 Å². The van der Waals surface area contributed by atoms with Crippen LogP contribution in [-0.2, 0) is 4.79 Å². The number of rotatable bonds is 2. The van der Waals surface area contributed by atoms with Gasteiger partial charge in [0.1, 0.15) is 0 Å². The second-order valence-corrected chi connectivity index (χ2v) is 12.0. The van der Waals surface area contributed by atoms with Gasteiger partial charge in [-0.25, -0.2) is 0 Å². The largest absolute Gasteiger partial charge is 0.388 e. The molecule has 1 aromatic carbocycles. The summed E-state index contributed by atoms with van der Waals surface area (Å²) in [7, 11) is 5.99. The first kappa shape index (κ1) is 23.0. The minimum atomic E-state index is -0.426. The molecule has 0 bridgehead atoms. The van der Waals surface area contributed by atoms with E-state index in [0.717, 1.165) is 54.0 Å². The summed E-state index contributed by atoms with van der Waals surface area (Å²) in [4.78, 5) is 16.3. The number of likely N-dealkylation sites (N-methyl/N-ethyl adjacent to an activating group) is 1. The Bertz CT molecular complexity index is 1030. The SMILES string of the molecule is CN(C)c1ccc(C=C2C[C@H]3[C@@H]4CCC5N(C)C(=O)C=C[C@]5(C)[C@@H]4CC[C@]3(C)C2O)c(Cl)c1. The second-order valence-electron chi connectivity index (χ2n) is 11.6. The number of aliphatic hydroxyl groups is 1. The van der Waals surface area contributed by atoms with Gasteiger partial charge in [0, 0.05) is 48.7 Å². The maximum Gasteiger partial charge on any atom is 0.246 e. The Hall–Kier alpha value is -1.78. The molecular formula is C28H37ClN2O2. The third-order valence-electron chi connectivity index (χ3n) is 9.84. The quantitative estimate of drug-likeness (QED) is 0.632. The summed E-state index contributed by atoms with van der Waals surface area (Å²) in [5.41, 5.74) is 3.12. The highest BCUT2D eigenvalue weighted by molar-refractivity contribution is 6.32. The van der Waals surface area contributed by atoms with Crippen LogP contribution in [0.1, 0.15) is 51.5 Å². The summed E-state index contributed by atoms with van der Waals surface area (Å²) in [6.07, 6.45) is 11.0. The highest BCUT2D eigenvalue weighted by atomic mass is 35.5. The summed E-state index contributed by atoms with van der Waals surface area (Å²) in [6.45, 7) is 4.67. The summed E-state index contributed by atoms with van der Waals surface area (Å²) in [5.74, 6) is 1.72. The van der Waals surface area contributed by atoms with Crippen LogP contribution in [0.5, 0.6) is 0 Å². The number of carbonyl (C=O) groups excluding carboxylic acids is 1. The van der Waals surface area contributed by atoms with Crippen LogP contribution < -0.4 is 4.90 Å². The van der Waals surface area contributed by atoms with Gasteiger partial charge in [0.05, 0.1) is 6.10 Å². The highest BCUT2D eigenvalue weighted by Gasteiger charge is 2.61. The van der Waals surface area contributed by atoms with Crippen molar-refractivity contribution in [3.05, 3.63) is 46.5 Å². The van der Waals surface area contributed by atoms with Crippen LogP contribution in [0.3, 0.4) is 0 Å². The fraction of sp³-hybridized carbons (Fsp3) is 0.607. The number of hydrogen-bond donors (Lipinski definition) is 1. The molecule has 33 heavy (non-hydrogen) atoms. The van der Waals surface area contributed by atoms with E-state index in [9.17, 15) is 9.90 Å². The Labute approximate surface area is 203 Å². The zero-order valence-corrected chi connectivity index (χ0v) is 21.3. The van der Waals surface area contributed by atoms with E-state index in [4.69, 9.17) is 11.6 Å². The monoisotopic (exact) mass is 468 g/mol. The molecule has 0 saturated heterocycles. The second kappa shape index (κ2) is 7.88. The molecule has 5 rings (SSSR count). The lowest BCUT2D eigenvalue weighted by molar-refractivity contribution is -0.140. The fourth-order valence-electron chi connectivity index (χ4n) is 7.85. The van der Waals surface area contributed by atoms with E-state index in [2.05, 4.69) is 38.1 Å². The van der Waals surface area contributed by atoms with Gasteiger partial charge in [0.2, 0.25) is 5.91 Å². The molecule has 1 aromatic rings. The molecular weight excluding hydrogens is 432 g/mol. The van der Waals surface area contributed by atoms with Crippen molar-refractivity contribution < 1.29 is 9.90 Å². The van der Waals surface area contributed by atoms with E-state index in [0.29, 0.717) is 17.8 Å². The number of aliphatic hydroxyl groups excluding tert-OH is 1. The maximum atomic E-state index is 12.3. The predicted octanol–water partition coefficient (Wildman–Crippen LogP) is 5.40. The average Bonchev–Trinajstić information content (AvgIpc) is 3.03. The smallest absolute Gasteiger partial charge is 0.246 e. The van der Waals surface area contributed by atoms with Crippen LogP contribution >= 0.6 is 11.6 Å². The van der Waals surface area contributed by atoms with E-state index in [1.807, 2.05) is 37.0 Å². The van der Waals surface area contributed by atoms with E-state index in [1.165, 1.54) is 0 Å². The van der Waals surface area contributed by atoms with Crippen molar-refractivity contribution in [1.82, 2.24) is 4.90 Å². The first-order valence-electron chi connectivity index (χ1n) is 12.4. The standard InChI is InChI=1S/C28H37ClN2O2/c1-27-13-11-25(32)31(5)24(27)9-8-20-21(27)10-12-28(2)22(20)15-18(26(28)33)14-17-6-7-19(30(3)4)16-23(17)29/h6-7,11,13-14,16,20-22,24,26,33H,8-10,12,15H2,1-5H3/t20-,21-,22+,24?,26?,27-,28+/m1/s1. The van der Waals surface area contributed by atoms with Crippen molar-refractivity contribution in [2.45, 2.75) is 58.1 Å². The molecule has 3 fully saturated rings. The number of nitrogens with zero attached hydrogens (tertiary/aromatic N) is 2. The van der Waals surface area contributed by atoms with Crippen molar-refractivity contribution in [2.24, 2.45) is 28.6 Å². The van der Waals surface area contributed by atoms with E-state index in [1.54, 1.807) is 6.08 Å².